The number of nitrogen functional groups attached to an aromatic ring is 2. The number of carbonyl (C=O) groups is 3. The minimum atomic E-state index is -1.51. The first kappa shape index (κ1) is 14.4. The van der Waals surface area contributed by atoms with E-state index in [-0.39, 0.29) is 27.9 Å². The molecule has 0 radical (unpaired) electrons. The van der Waals surface area contributed by atoms with Crippen molar-refractivity contribution >= 4 is 28.9 Å². The summed E-state index contributed by atoms with van der Waals surface area (Å²) < 4.78 is 0. The number of phenols is 2. The van der Waals surface area contributed by atoms with Crippen LogP contribution in [0.4, 0.5) is 11.4 Å². The summed E-state index contributed by atoms with van der Waals surface area (Å²) in [5.41, 5.74) is 9.00. The second kappa shape index (κ2) is 4.47. The summed E-state index contributed by atoms with van der Waals surface area (Å²) in [6, 6.07) is 3.27. The molecule has 0 aliphatic heterocycles. The fourth-order valence-electron chi connectivity index (χ4n) is 2.62. The molecule has 0 saturated carbocycles. The number of carboxylic acids is 1. The zero-order valence-corrected chi connectivity index (χ0v) is 11.5. The number of hydrogen-bond acceptors (Lipinski definition) is 7. The van der Waals surface area contributed by atoms with Crippen LogP contribution in [0.1, 0.15) is 42.2 Å². The Morgan fingerprint density at radius 1 is 0.957 bits per heavy atom. The molecule has 1 aliphatic rings. The zero-order valence-electron chi connectivity index (χ0n) is 11.5. The van der Waals surface area contributed by atoms with Gasteiger partial charge < -0.3 is 26.8 Å². The van der Waals surface area contributed by atoms with Crippen LogP contribution >= 0.6 is 0 Å². The largest absolute Gasteiger partial charge is 0.507 e. The number of fused-ring (bicyclic) bond motifs is 2. The maximum Gasteiger partial charge on any atom is 0.339 e. The van der Waals surface area contributed by atoms with Crippen molar-refractivity contribution in [1.82, 2.24) is 0 Å². The van der Waals surface area contributed by atoms with Gasteiger partial charge in [0.15, 0.2) is 17.3 Å². The van der Waals surface area contributed by atoms with E-state index in [4.69, 9.17) is 16.6 Å². The highest BCUT2D eigenvalue weighted by atomic mass is 16.4. The predicted octanol–water partition coefficient (Wildman–Crippen LogP) is 0.736. The molecule has 0 saturated heterocycles. The molecule has 0 aromatic heterocycles. The van der Waals surface area contributed by atoms with Crippen LogP contribution in [0.3, 0.4) is 0 Å². The Morgan fingerprint density at radius 2 is 1.61 bits per heavy atom. The van der Waals surface area contributed by atoms with Gasteiger partial charge in [-0.2, -0.15) is 0 Å². The molecular weight excluding hydrogens is 304 g/mol. The summed E-state index contributed by atoms with van der Waals surface area (Å²) in [6.07, 6.45) is 0. The number of hydrogen-bond donors (Lipinski definition) is 5. The Morgan fingerprint density at radius 3 is 2.22 bits per heavy atom. The van der Waals surface area contributed by atoms with Crippen LogP contribution in [-0.4, -0.2) is 32.9 Å². The average molecular weight is 314 g/mol. The number of anilines is 2. The van der Waals surface area contributed by atoms with Crippen molar-refractivity contribution in [2.24, 2.45) is 0 Å². The smallest absolute Gasteiger partial charge is 0.339 e. The lowest BCUT2D eigenvalue weighted by atomic mass is 9.81. The van der Waals surface area contributed by atoms with Gasteiger partial charge in [-0.05, 0) is 18.2 Å². The molecule has 0 amide bonds. The highest BCUT2D eigenvalue weighted by Crippen LogP contribution is 2.41. The van der Waals surface area contributed by atoms with Crippen LogP contribution in [-0.2, 0) is 0 Å². The van der Waals surface area contributed by atoms with Crippen molar-refractivity contribution in [2.45, 2.75) is 0 Å². The van der Waals surface area contributed by atoms with E-state index in [0.717, 1.165) is 12.1 Å². The van der Waals surface area contributed by atoms with Crippen LogP contribution in [0.15, 0.2) is 18.2 Å². The van der Waals surface area contributed by atoms with Crippen molar-refractivity contribution in [3.63, 3.8) is 0 Å². The lowest BCUT2D eigenvalue weighted by Gasteiger charge is -2.22. The molecule has 0 spiro atoms. The third-order valence-electron chi connectivity index (χ3n) is 3.71. The minimum Gasteiger partial charge on any atom is -0.507 e. The summed E-state index contributed by atoms with van der Waals surface area (Å²) >= 11 is 0. The number of carboxylic acid groups (broad SMARTS) is 1. The fraction of sp³-hybridized carbons (Fsp3) is 0. The molecule has 7 N–H and O–H groups in total. The van der Waals surface area contributed by atoms with Gasteiger partial charge in [-0.15, -0.1) is 0 Å². The normalized spacial score (nSPS) is 12.7. The number of carbonyl (C=O) groups excluding carboxylic acids is 2. The summed E-state index contributed by atoms with van der Waals surface area (Å²) in [6.45, 7) is 0. The van der Waals surface area contributed by atoms with E-state index in [2.05, 4.69) is 0 Å². The number of ketones is 2. The summed E-state index contributed by atoms with van der Waals surface area (Å²) in [5, 5.41) is 28.8. The van der Waals surface area contributed by atoms with E-state index in [1.807, 2.05) is 0 Å². The van der Waals surface area contributed by atoms with Gasteiger partial charge in [0.1, 0.15) is 11.3 Å². The number of aromatic hydroxyl groups is 2. The highest BCUT2D eigenvalue weighted by Gasteiger charge is 2.37. The molecule has 1 aliphatic carbocycles. The zero-order chi connectivity index (χ0) is 17.0. The Kier molecular flexibility index (Phi) is 2.80. The second-order valence-corrected chi connectivity index (χ2v) is 5.00. The van der Waals surface area contributed by atoms with Crippen molar-refractivity contribution in [3.05, 3.63) is 46.0 Å². The lowest BCUT2D eigenvalue weighted by molar-refractivity contribution is 0.0693. The van der Waals surface area contributed by atoms with E-state index < -0.39 is 40.3 Å². The van der Waals surface area contributed by atoms with Crippen molar-refractivity contribution in [1.29, 1.82) is 0 Å². The third kappa shape index (κ3) is 1.75. The van der Waals surface area contributed by atoms with E-state index >= 15 is 0 Å². The van der Waals surface area contributed by atoms with Gasteiger partial charge in [-0.25, -0.2) is 4.79 Å². The molecule has 0 heterocycles. The molecule has 8 heteroatoms. The lowest BCUT2D eigenvalue weighted by Crippen LogP contribution is -2.24. The van der Waals surface area contributed by atoms with Crippen LogP contribution < -0.4 is 11.5 Å². The SMILES string of the molecule is Nc1ccc(O)c2c1C(=O)c1c(cc(C(=O)O)c(O)c1N)C2=O. The standard InChI is InChI=1S/C15H10N2O6/c16-6-1-2-7(18)10-9(6)14(21)8-4(12(10)19)3-5(15(22)23)13(20)11(8)17/h1-3,18,20H,16-17H2,(H,22,23). The van der Waals surface area contributed by atoms with E-state index in [1.165, 1.54) is 6.07 Å². The van der Waals surface area contributed by atoms with Crippen LogP contribution in [0, 0.1) is 0 Å². The summed E-state index contributed by atoms with van der Waals surface area (Å²) in [5.74, 6) is -4.34. The molecule has 3 rings (SSSR count). The Balaban J connectivity index is 2.43. The van der Waals surface area contributed by atoms with E-state index in [0.29, 0.717) is 0 Å². The van der Waals surface area contributed by atoms with Gasteiger partial charge in [0.05, 0.1) is 22.4 Å². The van der Waals surface area contributed by atoms with Crippen molar-refractivity contribution in [3.8, 4) is 11.5 Å². The molecule has 2 aromatic carbocycles. The summed E-state index contributed by atoms with van der Waals surface area (Å²) in [4.78, 5) is 36.3. The van der Waals surface area contributed by atoms with Gasteiger partial charge in [0, 0.05) is 11.3 Å². The highest BCUT2D eigenvalue weighted by molar-refractivity contribution is 6.33. The van der Waals surface area contributed by atoms with Gasteiger partial charge in [0.25, 0.3) is 0 Å². The first-order valence-electron chi connectivity index (χ1n) is 6.35. The first-order valence-corrected chi connectivity index (χ1v) is 6.35. The summed E-state index contributed by atoms with van der Waals surface area (Å²) in [7, 11) is 0. The molecule has 0 atom stereocenters. The minimum absolute atomic E-state index is 0.0389. The number of rotatable bonds is 1. The maximum absolute atomic E-state index is 12.6. The average Bonchev–Trinajstić information content (AvgIpc) is 2.49. The molecule has 0 fully saturated rings. The Hall–Kier alpha value is -3.55. The van der Waals surface area contributed by atoms with Crippen LogP contribution in [0.2, 0.25) is 0 Å². The van der Waals surface area contributed by atoms with Crippen molar-refractivity contribution < 1.29 is 29.7 Å². The fourth-order valence-corrected chi connectivity index (χ4v) is 2.62. The van der Waals surface area contributed by atoms with Gasteiger partial charge in [0.2, 0.25) is 0 Å². The number of phenolic OH excluding ortho intramolecular Hbond substituents is 1. The maximum atomic E-state index is 12.6. The third-order valence-corrected chi connectivity index (χ3v) is 3.71. The Bertz CT molecular complexity index is 932. The Labute approximate surface area is 128 Å². The predicted molar refractivity (Wildman–Crippen MR) is 78.9 cm³/mol. The molecular formula is C15H10N2O6. The number of benzene rings is 2. The topological polar surface area (TPSA) is 164 Å². The first-order chi connectivity index (χ1) is 10.8. The van der Waals surface area contributed by atoms with Crippen LogP contribution in [0.25, 0.3) is 0 Å². The second-order valence-electron chi connectivity index (χ2n) is 5.00. The number of aromatic carboxylic acids is 1. The van der Waals surface area contributed by atoms with E-state index in [1.54, 1.807) is 0 Å². The quantitative estimate of drug-likeness (QED) is 0.249. The molecule has 116 valence electrons. The molecule has 0 unspecified atom stereocenters. The monoisotopic (exact) mass is 314 g/mol. The molecule has 0 bridgehead atoms. The van der Waals surface area contributed by atoms with Gasteiger partial charge in [-0.1, -0.05) is 0 Å². The molecule has 23 heavy (non-hydrogen) atoms. The van der Waals surface area contributed by atoms with Crippen molar-refractivity contribution in [2.75, 3.05) is 11.5 Å². The van der Waals surface area contributed by atoms with E-state index in [9.17, 15) is 24.6 Å². The molecule has 2 aromatic rings. The van der Waals surface area contributed by atoms with Crippen LogP contribution in [0.5, 0.6) is 11.5 Å². The number of nitrogens with two attached hydrogens (primary N) is 2. The molecule has 8 nitrogen and oxygen atoms in total. The van der Waals surface area contributed by atoms with Gasteiger partial charge in [-0.3, -0.25) is 9.59 Å². The van der Waals surface area contributed by atoms with Gasteiger partial charge >= 0.3 is 5.97 Å².